The smallest absolute Gasteiger partial charge is 0.456 e. The number of benzene rings is 16. The summed E-state index contributed by atoms with van der Waals surface area (Å²) in [5, 5.41) is 43.4. The summed E-state index contributed by atoms with van der Waals surface area (Å²) in [7, 11) is -1.52. The number of fused-ring (bicyclic) bond motifs is 14. The number of hydrogen-bond acceptors (Lipinski definition) is 4. The fourth-order valence-corrected chi connectivity index (χ4v) is 13.6. The second kappa shape index (κ2) is 21.1. The highest BCUT2D eigenvalue weighted by atomic mass is 79.9. The van der Waals surface area contributed by atoms with Gasteiger partial charge in [0.2, 0.25) is 0 Å². The van der Waals surface area contributed by atoms with Crippen molar-refractivity contribution in [2.24, 2.45) is 0 Å². The molecular weight excluding hydrogens is 1120 g/mol. The first kappa shape index (κ1) is 51.3. The van der Waals surface area contributed by atoms with Crippen molar-refractivity contribution in [3.63, 3.8) is 0 Å². The Morgan fingerprint density at radius 1 is 0.233 bits per heavy atom. The fourth-order valence-electron chi connectivity index (χ4n) is 13.2. The second-order valence-electron chi connectivity index (χ2n) is 22.2. The molecule has 0 aliphatic carbocycles. The minimum absolute atomic E-state index is 0.561. The minimum Gasteiger partial charge on any atom is -0.456 e. The van der Waals surface area contributed by atoms with Crippen LogP contribution in [0.2, 0.25) is 0 Å². The van der Waals surface area contributed by atoms with Crippen molar-refractivity contribution in [3.05, 3.63) is 296 Å². The van der Waals surface area contributed by atoms with Crippen LogP contribution in [-0.2, 0) is 0 Å². The molecule has 18 aromatic rings. The lowest BCUT2D eigenvalue weighted by atomic mass is 9.72. The van der Waals surface area contributed by atoms with Crippen LogP contribution in [0.5, 0.6) is 0 Å². The molecule has 404 valence electrons. The molecule has 0 aliphatic heterocycles. The van der Waals surface area contributed by atoms with Crippen molar-refractivity contribution in [3.8, 4) is 33.4 Å². The van der Waals surface area contributed by atoms with Crippen LogP contribution in [0.3, 0.4) is 0 Å². The van der Waals surface area contributed by atoms with Crippen LogP contribution >= 0.6 is 15.9 Å². The molecule has 2 heterocycles. The monoisotopic (exact) mass is 1160 g/mol. The first-order valence-electron chi connectivity index (χ1n) is 28.9. The predicted octanol–water partition coefficient (Wildman–Crippen LogP) is 21.5. The molecule has 0 saturated heterocycles. The van der Waals surface area contributed by atoms with Gasteiger partial charge < -0.3 is 18.9 Å². The molecule has 0 amide bonds. The van der Waals surface area contributed by atoms with Gasteiger partial charge in [-0.3, -0.25) is 0 Å². The summed E-state index contributed by atoms with van der Waals surface area (Å²) in [5.41, 5.74) is 11.5. The van der Waals surface area contributed by atoms with Crippen molar-refractivity contribution in [2.45, 2.75) is 0 Å². The van der Waals surface area contributed by atoms with Crippen LogP contribution < -0.4 is 5.46 Å². The standard InChI is InChI=1S/C40H24O.C24H17BO2.C16H9BrO/c1-2-10-26-21-29(18-17-25(26)9-1)39-32-13-5-7-15-34(32)40(35-16-8-6-14-33(35)39)30-19-20-31-36-22-27-11-3-4-12-28(27)23-38(36)41-37(31)24-30;26-25(27)24-21-11-5-3-9-19(21)23(20-10-4-6-12-22(20)24)18-14-13-16-7-1-2-8-17(16)15-18;17-12-5-6-13-14-7-10-3-1-2-4-11(10)8-15(14)18-16(13)9-12/h1-24H;1-15,26-27H;1-9H. The SMILES string of the molecule is Brc1ccc2c(c1)oc1cc3ccccc3cc12.OB(O)c1c2ccccc2c(-c2ccc3ccccc3c2)c2ccccc12.c1ccc2cc(-c3c4ccccc4c(-c4ccc5c(c4)oc4cc6ccccc6cc45)c4ccccc34)ccc2c1. The zero-order valence-electron chi connectivity index (χ0n) is 46.4. The Morgan fingerprint density at radius 2 is 0.523 bits per heavy atom. The molecule has 4 nitrogen and oxygen atoms in total. The van der Waals surface area contributed by atoms with E-state index in [1.165, 1.54) is 97.7 Å². The average molecular weight is 1170 g/mol. The number of hydrogen-bond donors (Lipinski definition) is 2. The van der Waals surface area contributed by atoms with Crippen LogP contribution in [0.15, 0.2) is 304 Å². The summed E-state index contributed by atoms with van der Waals surface area (Å²) in [6.45, 7) is 0. The molecule has 86 heavy (non-hydrogen) atoms. The van der Waals surface area contributed by atoms with Gasteiger partial charge in [-0.2, -0.15) is 0 Å². The summed E-state index contributed by atoms with van der Waals surface area (Å²) in [6, 6.07) is 102. The van der Waals surface area contributed by atoms with E-state index in [0.29, 0.717) is 5.46 Å². The third kappa shape index (κ3) is 8.85. The summed E-state index contributed by atoms with van der Waals surface area (Å²) in [4.78, 5) is 0. The van der Waals surface area contributed by atoms with E-state index in [1.54, 1.807) is 0 Å². The van der Waals surface area contributed by atoms with E-state index in [0.717, 1.165) is 70.2 Å². The van der Waals surface area contributed by atoms with Gasteiger partial charge in [0.25, 0.3) is 0 Å². The van der Waals surface area contributed by atoms with Crippen molar-refractivity contribution < 1.29 is 18.9 Å². The molecule has 0 radical (unpaired) electrons. The second-order valence-corrected chi connectivity index (χ2v) is 23.1. The van der Waals surface area contributed by atoms with Gasteiger partial charge >= 0.3 is 7.12 Å². The van der Waals surface area contributed by atoms with Crippen LogP contribution in [0.1, 0.15) is 0 Å². The quantitative estimate of drug-likeness (QED) is 0.136. The molecule has 18 rings (SSSR count). The van der Waals surface area contributed by atoms with Gasteiger partial charge in [0.05, 0.1) is 0 Å². The van der Waals surface area contributed by atoms with E-state index < -0.39 is 7.12 Å². The maximum atomic E-state index is 10.1. The minimum atomic E-state index is -1.52. The van der Waals surface area contributed by atoms with E-state index in [2.05, 4.69) is 240 Å². The zero-order chi connectivity index (χ0) is 57.4. The Morgan fingerprint density at radius 3 is 0.930 bits per heavy atom. The molecule has 2 aromatic heterocycles. The predicted molar refractivity (Wildman–Crippen MR) is 368 cm³/mol. The molecule has 0 atom stereocenters. The Bertz CT molecular complexity index is 5630. The van der Waals surface area contributed by atoms with Gasteiger partial charge in [-0.05, 0) is 192 Å². The van der Waals surface area contributed by atoms with Gasteiger partial charge in [0, 0.05) is 26.0 Å². The Kier molecular flexibility index (Phi) is 12.6. The van der Waals surface area contributed by atoms with Crippen molar-refractivity contribution in [1.82, 2.24) is 0 Å². The lowest BCUT2D eigenvalue weighted by Gasteiger charge is -2.18. The molecule has 16 aromatic carbocycles. The van der Waals surface area contributed by atoms with Crippen molar-refractivity contribution in [1.29, 1.82) is 0 Å². The first-order valence-corrected chi connectivity index (χ1v) is 29.7. The normalized spacial score (nSPS) is 11.7. The highest BCUT2D eigenvalue weighted by molar-refractivity contribution is 9.10. The number of furan rings is 2. The molecule has 0 aliphatic rings. The maximum absolute atomic E-state index is 10.1. The Hall–Kier alpha value is -10.3. The third-order valence-electron chi connectivity index (χ3n) is 17.2. The molecule has 0 fully saturated rings. The molecule has 0 unspecified atom stereocenters. The van der Waals surface area contributed by atoms with Crippen LogP contribution in [0.4, 0.5) is 0 Å². The van der Waals surface area contributed by atoms with Crippen LogP contribution in [0, 0.1) is 0 Å². The van der Waals surface area contributed by atoms with Crippen LogP contribution in [-0.4, -0.2) is 17.2 Å². The third-order valence-corrected chi connectivity index (χ3v) is 17.7. The molecular formula is C80H50BBrO4. The molecule has 0 bridgehead atoms. The van der Waals surface area contributed by atoms with Gasteiger partial charge in [0.15, 0.2) is 0 Å². The Labute approximate surface area is 503 Å². The van der Waals surface area contributed by atoms with Gasteiger partial charge in [-0.1, -0.05) is 240 Å². The summed E-state index contributed by atoms with van der Waals surface area (Å²) in [5.74, 6) is 0. The molecule has 0 saturated carbocycles. The summed E-state index contributed by atoms with van der Waals surface area (Å²) >= 11 is 3.47. The average Bonchev–Trinajstić information content (AvgIpc) is 1.68. The topological polar surface area (TPSA) is 66.7 Å². The van der Waals surface area contributed by atoms with E-state index in [-0.39, 0.29) is 0 Å². The molecule has 0 spiro atoms. The lowest BCUT2D eigenvalue weighted by Crippen LogP contribution is -2.31. The number of rotatable bonds is 4. The zero-order valence-corrected chi connectivity index (χ0v) is 48.0. The maximum Gasteiger partial charge on any atom is 0.489 e. The van der Waals surface area contributed by atoms with Crippen LogP contribution in [0.25, 0.3) is 163 Å². The van der Waals surface area contributed by atoms with Crippen molar-refractivity contribution in [2.75, 3.05) is 0 Å². The van der Waals surface area contributed by atoms with E-state index in [4.69, 9.17) is 8.83 Å². The fraction of sp³-hybridized carbons (Fsp3) is 0. The van der Waals surface area contributed by atoms with E-state index in [1.807, 2.05) is 66.7 Å². The molecule has 2 N–H and O–H groups in total. The summed E-state index contributed by atoms with van der Waals surface area (Å²) < 4.78 is 13.4. The largest absolute Gasteiger partial charge is 0.489 e. The highest BCUT2D eigenvalue weighted by Crippen LogP contribution is 2.46. The number of halogens is 1. The molecule has 6 heteroatoms. The highest BCUT2D eigenvalue weighted by Gasteiger charge is 2.23. The van der Waals surface area contributed by atoms with Crippen molar-refractivity contribution >= 4 is 159 Å². The summed E-state index contributed by atoms with van der Waals surface area (Å²) in [6.07, 6.45) is 0. The van der Waals surface area contributed by atoms with Gasteiger partial charge in [-0.25, -0.2) is 0 Å². The van der Waals surface area contributed by atoms with E-state index in [9.17, 15) is 10.0 Å². The first-order chi connectivity index (χ1) is 42.4. The van der Waals surface area contributed by atoms with Gasteiger partial charge in [-0.15, -0.1) is 0 Å². The van der Waals surface area contributed by atoms with E-state index >= 15 is 0 Å². The lowest BCUT2D eigenvalue weighted by molar-refractivity contribution is 0.426. The van der Waals surface area contributed by atoms with Gasteiger partial charge in [0.1, 0.15) is 22.3 Å². The Balaban J connectivity index is 0.000000114.